The maximum atomic E-state index is 13.2. The Morgan fingerprint density at radius 2 is 1.71 bits per heavy atom. The lowest BCUT2D eigenvalue weighted by atomic mass is 10.1. The molecule has 0 amide bonds. The third-order valence-corrected chi connectivity index (χ3v) is 5.20. The van der Waals surface area contributed by atoms with Gasteiger partial charge in [-0.25, -0.2) is 9.37 Å². The molecule has 1 aromatic heterocycles. The Hall–Kier alpha value is -3.78. The number of hydrogen-bond donors (Lipinski definition) is 0. The van der Waals surface area contributed by atoms with Crippen LogP contribution in [-0.4, -0.2) is 14.9 Å². The van der Waals surface area contributed by atoms with Crippen LogP contribution in [0.1, 0.15) is 5.56 Å². The largest absolute Gasteiger partial charge is 0.439 e. The van der Waals surface area contributed by atoms with Gasteiger partial charge >= 0.3 is 0 Å². The van der Waals surface area contributed by atoms with Crippen molar-refractivity contribution in [2.45, 2.75) is 10.9 Å². The molecule has 0 saturated carbocycles. The minimum absolute atomic E-state index is 0.0392. The van der Waals surface area contributed by atoms with E-state index in [1.807, 2.05) is 36.4 Å². The Kier molecular flexibility index (Phi) is 6.18. The first-order valence-electron chi connectivity index (χ1n) is 9.31. The van der Waals surface area contributed by atoms with Crippen molar-refractivity contribution in [1.82, 2.24) is 9.97 Å². The van der Waals surface area contributed by atoms with Gasteiger partial charge in [-0.1, -0.05) is 54.2 Å². The van der Waals surface area contributed by atoms with Gasteiger partial charge in [0.05, 0.1) is 10.6 Å². The molecule has 1 heterocycles. The number of nitro groups is 1. The molecule has 0 aliphatic carbocycles. The zero-order valence-corrected chi connectivity index (χ0v) is 17.0. The number of thioether (sulfide) groups is 1. The van der Waals surface area contributed by atoms with E-state index in [1.54, 1.807) is 12.1 Å². The number of ether oxygens (including phenoxy) is 1. The molecule has 0 N–H and O–H groups in total. The molecule has 154 valence electrons. The highest BCUT2D eigenvalue weighted by molar-refractivity contribution is 7.98. The molecule has 3 aromatic carbocycles. The second-order valence-electron chi connectivity index (χ2n) is 6.51. The van der Waals surface area contributed by atoms with Gasteiger partial charge in [-0.2, -0.15) is 4.98 Å². The fourth-order valence-corrected chi connectivity index (χ4v) is 3.60. The zero-order valence-electron chi connectivity index (χ0n) is 16.1. The van der Waals surface area contributed by atoms with Crippen LogP contribution >= 0.6 is 11.8 Å². The van der Waals surface area contributed by atoms with Crippen LogP contribution < -0.4 is 4.74 Å². The monoisotopic (exact) mass is 433 g/mol. The molecule has 0 radical (unpaired) electrons. The van der Waals surface area contributed by atoms with Crippen molar-refractivity contribution in [2.75, 3.05) is 0 Å². The Balaban J connectivity index is 1.62. The summed E-state index contributed by atoms with van der Waals surface area (Å²) in [6.45, 7) is 0. The maximum Gasteiger partial charge on any atom is 0.269 e. The molecule has 4 aromatic rings. The van der Waals surface area contributed by atoms with Crippen LogP contribution in [0.2, 0.25) is 0 Å². The minimum Gasteiger partial charge on any atom is -0.439 e. The fraction of sp³-hybridized carbons (Fsp3) is 0.0435. The van der Waals surface area contributed by atoms with Crippen molar-refractivity contribution < 1.29 is 14.1 Å². The Labute approximate surface area is 181 Å². The first-order chi connectivity index (χ1) is 15.1. The lowest BCUT2D eigenvalue weighted by molar-refractivity contribution is -0.384. The predicted molar refractivity (Wildman–Crippen MR) is 117 cm³/mol. The van der Waals surface area contributed by atoms with Crippen molar-refractivity contribution in [1.29, 1.82) is 0 Å². The molecule has 0 bridgehead atoms. The molecule has 0 spiro atoms. The van der Waals surface area contributed by atoms with E-state index < -0.39 is 4.92 Å². The van der Waals surface area contributed by atoms with Crippen molar-refractivity contribution in [3.63, 3.8) is 0 Å². The summed E-state index contributed by atoms with van der Waals surface area (Å²) in [5.41, 5.74) is 2.40. The molecule has 0 unspecified atom stereocenters. The third kappa shape index (κ3) is 5.43. The molecule has 4 rings (SSSR count). The van der Waals surface area contributed by atoms with E-state index in [0.717, 1.165) is 11.1 Å². The summed E-state index contributed by atoms with van der Waals surface area (Å²) in [6, 6.07) is 23.4. The van der Waals surface area contributed by atoms with E-state index in [1.165, 1.54) is 48.2 Å². The van der Waals surface area contributed by atoms with E-state index in [4.69, 9.17) is 4.74 Å². The highest BCUT2D eigenvalue weighted by Gasteiger charge is 2.11. The molecular formula is C23H16FN3O3S. The van der Waals surface area contributed by atoms with Crippen LogP contribution in [0.5, 0.6) is 11.6 Å². The summed E-state index contributed by atoms with van der Waals surface area (Å²) >= 11 is 1.35. The van der Waals surface area contributed by atoms with E-state index in [9.17, 15) is 14.5 Å². The second-order valence-corrected chi connectivity index (χ2v) is 7.45. The first-order valence-corrected chi connectivity index (χ1v) is 10.3. The number of hydrogen-bond acceptors (Lipinski definition) is 6. The number of benzene rings is 3. The van der Waals surface area contributed by atoms with E-state index in [2.05, 4.69) is 9.97 Å². The Morgan fingerprint density at radius 3 is 2.45 bits per heavy atom. The topological polar surface area (TPSA) is 78.2 Å². The lowest BCUT2D eigenvalue weighted by Gasteiger charge is -2.09. The maximum absolute atomic E-state index is 13.2. The van der Waals surface area contributed by atoms with Crippen molar-refractivity contribution in [3.05, 3.63) is 106 Å². The fourth-order valence-electron chi connectivity index (χ4n) is 2.81. The molecule has 0 aliphatic rings. The number of nitro benzene ring substituents is 1. The van der Waals surface area contributed by atoms with Gasteiger partial charge in [-0.15, -0.1) is 0 Å². The molecule has 0 atom stereocenters. The van der Waals surface area contributed by atoms with Crippen LogP contribution in [0.25, 0.3) is 11.3 Å². The van der Waals surface area contributed by atoms with E-state index in [-0.39, 0.29) is 11.5 Å². The van der Waals surface area contributed by atoms with Gasteiger partial charge in [-0.3, -0.25) is 10.1 Å². The molecule has 6 nitrogen and oxygen atoms in total. The van der Waals surface area contributed by atoms with Gasteiger partial charge in [-0.05, 0) is 29.8 Å². The minimum atomic E-state index is -0.421. The molecule has 0 saturated heterocycles. The van der Waals surface area contributed by atoms with Gasteiger partial charge in [0.2, 0.25) is 5.88 Å². The summed E-state index contributed by atoms with van der Waals surface area (Å²) in [4.78, 5) is 19.6. The molecule has 0 fully saturated rings. The number of nitrogens with zero attached hydrogens (tertiary/aromatic N) is 3. The van der Waals surface area contributed by atoms with E-state index in [0.29, 0.717) is 28.2 Å². The first kappa shape index (κ1) is 20.5. The average Bonchev–Trinajstić information content (AvgIpc) is 2.80. The summed E-state index contributed by atoms with van der Waals surface area (Å²) in [6.07, 6.45) is 0. The van der Waals surface area contributed by atoms with Crippen molar-refractivity contribution in [2.24, 2.45) is 0 Å². The summed E-state index contributed by atoms with van der Waals surface area (Å²) in [5, 5.41) is 11.5. The Bertz CT molecular complexity index is 1200. The highest BCUT2D eigenvalue weighted by atomic mass is 32.2. The number of halogens is 1. The van der Waals surface area contributed by atoms with Crippen LogP contribution in [0.3, 0.4) is 0 Å². The SMILES string of the molecule is O=[N+]([O-])c1cccc(CSc2nc(Oc3ccc(F)cc3)cc(-c3ccccc3)n2)c1. The number of aromatic nitrogens is 2. The summed E-state index contributed by atoms with van der Waals surface area (Å²) in [5.74, 6) is 0.875. The average molecular weight is 433 g/mol. The standard InChI is InChI=1S/C23H16FN3O3S/c24-18-9-11-20(12-10-18)30-22-14-21(17-6-2-1-3-7-17)25-23(26-22)31-15-16-5-4-8-19(13-16)27(28)29/h1-14H,15H2. The van der Waals surface area contributed by atoms with Crippen molar-refractivity contribution >= 4 is 17.4 Å². The van der Waals surface area contributed by atoms with Crippen LogP contribution in [0, 0.1) is 15.9 Å². The van der Waals surface area contributed by atoms with Gasteiger partial charge in [0, 0.05) is 29.5 Å². The molecule has 0 aliphatic heterocycles. The second kappa shape index (κ2) is 9.36. The quantitative estimate of drug-likeness (QED) is 0.148. The number of rotatable bonds is 7. The molecular weight excluding hydrogens is 417 g/mol. The molecule has 31 heavy (non-hydrogen) atoms. The lowest BCUT2D eigenvalue weighted by Crippen LogP contribution is -1.96. The van der Waals surface area contributed by atoms with E-state index >= 15 is 0 Å². The predicted octanol–water partition coefficient (Wildman–Crippen LogP) is 6.28. The Morgan fingerprint density at radius 1 is 0.935 bits per heavy atom. The van der Waals surface area contributed by atoms with Gasteiger partial charge in [0.15, 0.2) is 5.16 Å². The van der Waals surface area contributed by atoms with Crippen LogP contribution in [0.4, 0.5) is 10.1 Å². The van der Waals surface area contributed by atoms with Crippen molar-refractivity contribution in [3.8, 4) is 22.9 Å². The van der Waals surface area contributed by atoms with Crippen LogP contribution in [0.15, 0.2) is 90.1 Å². The summed E-state index contributed by atoms with van der Waals surface area (Å²) in [7, 11) is 0. The third-order valence-electron chi connectivity index (χ3n) is 4.28. The normalized spacial score (nSPS) is 10.6. The zero-order chi connectivity index (χ0) is 21.6. The number of non-ortho nitro benzene ring substituents is 1. The van der Waals surface area contributed by atoms with Gasteiger partial charge in [0.1, 0.15) is 11.6 Å². The smallest absolute Gasteiger partial charge is 0.269 e. The molecule has 8 heteroatoms. The summed E-state index contributed by atoms with van der Waals surface area (Å²) < 4.78 is 19.0. The highest BCUT2D eigenvalue weighted by Crippen LogP contribution is 2.29. The van der Waals surface area contributed by atoms with Gasteiger partial charge in [0.25, 0.3) is 5.69 Å². The van der Waals surface area contributed by atoms with Crippen LogP contribution in [-0.2, 0) is 5.75 Å². The van der Waals surface area contributed by atoms with Gasteiger partial charge < -0.3 is 4.74 Å².